The van der Waals surface area contributed by atoms with E-state index in [1.54, 1.807) is 114 Å². The van der Waals surface area contributed by atoms with Crippen molar-refractivity contribution in [2.75, 3.05) is 54.1 Å². The molecule has 0 aliphatic carbocycles. The van der Waals surface area contributed by atoms with Crippen LogP contribution >= 0.6 is 0 Å². The summed E-state index contributed by atoms with van der Waals surface area (Å²) in [6.45, 7) is 8.47. The highest BCUT2D eigenvalue weighted by atomic mass is 19.4. The summed E-state index contributed by atoms with van der Waals surface area (Å²) in [7, 11) is 4.13. The van der Waals surface area contributed by atoms with Gasteiger partial charge in [0.1, 0.15) is 46.9 Å². The molecular formula is C84H73F7N12O10. The van der Waals surface area contributed by atoms with E-state index in [1.807, 2.05) is 27.1 Å². The molecule has 0 bridgehead atoms. The van der Waals surface area contributed by atoms with Gasteiger partial charge in [0, 0.05) is 98.4 Å². The number of halogens is 7. The normalized spacial score (nSPS) is 15.2. The minimum Gasteiger partial charge on any atom is -0.494 e. The van der Waals surface area contributed by atoms with Crippen LogP contribution < -0.4 is 28.4 Å². The van der Waals surface area contributed by atoms with Crippen LogP contribution in [0.1, 0.15) is 98.4 Å². The summed E-state index contributed by atoms with van der Waals surface area (Å²) in [6.07, 6.45) is 9.30. The summed E-state index contributed by atoms with van der Waals surface area (Å²) >= 11 is 0. The molecule has 12 aromatic rings. The lowest BCUT2D eigenvalue weighted by molar-refractivity contribution is -0.140. The lowest BCUT2D eigenvalue weighted by Gasteiger charge is -2.34. The van der Waals surface area contributed by atoms with E-state index in [0.717, 1.165) is 54.7 Å². The van der Waals surface area contributed by atoms with Crippen LogP contribution in [-0.4, -0.2) is 135 Å². The van der Waals surface area contributed by atoms with Crippen LogP contribution in [0, 0.1) is 41.1 Å². The van der Waals surface area contributed by atoms with Crippen molar-refractivity contribution in [2.45, 2.75) is 83.3 Å². The molecule has 0 radical (unpaired) electrons. The lowest BCUT2D eigenvalue weighted by atomic mass is 10.0. The van der Waals surface area contributed by atoms with Crippen LogP contribution in [-0.2, 0) is 33.8 Å². The number of aliphatic hydroxyl groups is 1. The van der Waals surface area contributed by atoms with Crippen molar-refractivity contribution in [3.63, 3.8) is 0 Å². The number of ether oxygens (including phenoxy) is 6. The van der Waals surface area contributed by atoms with Crippen molar-refractivity contribution in [1.29, 1.82) is 0 Å². The number of alkyl halides is 4. The zero-order valence-corrected chi connectivity index (χ0v) is 61.7. The van der Waals surface area contributed by atoms with Gasteiger partial charge in [-0.25, -0.2) is 24.3 Å². The summed E-state index contributed by atoms with van der Waals surface area (Å²) in [5.74, 6) is 11.1. The Bertz CT molecular complexity index is 5450. The number of carbonyl (C=O) groups is 3. The molecule has 22 nitrogen and oxygen atoms in total. The standard InChI is InChI=1S/C28H24F4N4O3.C28H24F2N4O3.C28H25FN4O4/c1-3-22(37)35-15-5-4-7-19(35)27-34-24(25-26(28(30,31)32)33-14-16-36(25)27)17-10-12-18(13-11-17)39-21-9-6-8-20(38-2)23(21)29;1-3-5-24(35)33-14-12-19(17-33)28-32-26(27-21(16-29)31-13-15-34(27)28)18-8-10-20(11-9-18)37-23-7-4-6-22(36-2)25(23)30;1-3-5-24(35)32-14-12-19(16-32)28-31-26(27-21(17-34)30-13-15-33(27)28)18-8-10-20(11-9-18)37-23-7-4-6-22(36-2)25(23)29/h3,6,8-14,16,19H,1,4-5,7,15H2,2H3;4,6-11,13,15,19H,12,14,16-17H2,1-2H3;4,6-11,13,15,19,34H,12,14,16-17H2,1-2H3/t3*19-/m011/s1. The molecule has 3 atom stereocenters. The van der Waals surface area contributed by atoms with Crippen molar-refractivity contribution in [2.24, 2.45) is 0 Å². The quantitative estimate of drug-likeness (QED) is 0.0478. The number of benzene rings is 6. The Morgan fingerprint density at radius 2 is 0.912 bits per heavy atom. The summed E-state index contributed by atoms with van der Waals surface area (Å²) in [6, 6.07) is 33.5. The molecule has 3 fully saturated rings. The summed E-state index contributed by atoms with van der Waals surface area (Å²) in [4.78, 5) is 68.9. The number of aliphatic hydroxyl groups excluding tert-OH is 1. The molecule has 578 valence electrons. The van der Waals surface area contributed by atoms with Crippen LogP contribution in [0.15, 0.2) is 177 Å². The average Bonchev–Trinajstić information content (AvgIpc) is 1.62. The van der Waals surface area contributed by atoms with E-state index in [9.17, 15) is 50.2 Å². The second kappa shape index (κ2) is 34.3. The van der Waals surface area contributed by atoms with Crippen LogP contribution in [0.25, 0.3) is 50.3 Å². The smallest absolute Gasteiger partial charge is 0.435 e. The third-order valence-corrected chi connectivity index (χ3v) is 19.4. The number of imidazole rings is 3. The van der Waals surface area contributed by atoms with E-state index in [4.69, 9.17) is 38.4 Å². The number of hydrogen-bond donors (Lipinski definition) is 1. The third-order valence-electron chi connectivity index (χ3n) is 19.4. The number of amides is 3. The lowest BCUT2D eigenvalue weighted by Crippen LogP contribution is -2.38. The van der Waals surface area contributed by atoms with Crippen molar-refractivity contribution < 1.29 is 78.6 Å². The number of piperidine rings is 1. The van der Waals surface area contributed by atoms with Gasteiger partial charge >= 0.3 is 6.18 Å². The van der Waals surface area contributed by atoms with E-state index in [-0.39, 0.29) is 93.3 Å². The fourth-order valence-electron chi connectivity index (χ4n) is 14.0. The number of hydrogen-bond acceptors (Lipinski definition) is 16. The Morgan fingerprint density at radius 3 is 1.31 bits per heavy atom. The molecule has 3 aliphatic heterocycles. The second-order valence-corrected chi connectivity index (χ2v) is 26.1. The molecule has 3 amide bonds. The van der Waals surface area contributed by atoms with Crippen molar-refractivity contribution >= 4 is 34.3 Å². The van der Waals surface area contributed by atoms with Gasteiger partial charge in [-0.05, 0) is 173 Å². The van der Waals surface area contributed by atoms with Gasteiger partial charge < -0.3 is 48.2 Å². The zero-order valence-electron chi connectivity index (χ0n) is 61.7. The fourth-order valence-corrected chi connectivity index (χ4v) is 14.0. The van der Waals surface area contributed by atoms with E-state index >= 15 is 0 Å². The topological polar surface area (TPSA) is 227 Å². The van der Waals surface area contributed by atoms with E-state index in [1.165, 1.54) is 86.5 Å². The number of fused-ring (bicyclic) bond motifs is 3. The molecule has 113 heavy (non-hydrogen) atoms. The highest BCUT2D eigenvalue weighted by Gasteiger charge is 2.40. The van der Waals surface area contributed by atoms with Crippen LogP contribution in [0.4, 0.5) is 30.7 Å². The number of nitrogens with zero attached hydrogens (tertiary/aromatic N) is 12. The minimum atomic E-state index is -4.75. The highest BCUT2D eigenvalue weighted by molar-refractivity contribution is 5.94. The van der Waals surface area contributed by atoms with Crippen molar-refractivity contribution in [1.82, 2.24) is 57.8 Å². The summed E-state index contributed by atoms with van der Waals surface area (Å²) < 4.78 is 137. The molecule has 6 aromatic carbocycles. The number of aromatic nitrogens is 9. The number of methoxy groups -OCH3 is 3. The van der Waals surface area contributed by atoms with Crippen LogP contribution in [0.2, 0.25) is 0 Å². The molecule has 3 saturated heterocycles. The largest absolute Gasteiger partial charge is 0.494 e. The first-order valence-electron chi connectivity index (χ1n) is 35.8. The maximum atomic E-state index is 14.5. The average molecular weight is 1540 g/mol. The Kier molecular flexibility index (Phi) is 23.7. The van der Waals surface area contributed by atoms with E-state index in [0.29, 0.717) is 90.1 Å². The van der Waals surface area contributed by atoms with Crippen molar-refractivity contribution in [3.05, 3.63) is 229 Å². The first kappa shape index (κ1) is 77.9. The van der Waals surface area contributed by atoms with Crippen molar-refractivity contribution in [3.8, 4) is 109 Å². The molecule has 0 unspecified atom stereocenters. The molecule has 29 heteroatoms. The molecule has 15 rings (SSSR count). The Balaban J connectivity index is 0.000000148. The molecular weight excluding hydrogens is 1470 g/mol. The van der Waals surface area contributed by atoms with Gasteiger partial charge in [0.25, 0.3) is 11.8 Å². The number of likely N-dealkylation sites (tertiary alicyclic amines) is 3. The highest BCUT2D eigenvalue weighted by Crippen LogP contribution is 2.43. The van der Waals surface area contributed by atoms with Gasteiger partial charge in [0.15, 0.2) is 40.2 Å². The zero-order chi connectivity index (χ0) is 79.6. The van der Waals surface area contributed by atoms with Gasteiger partial charge in [-0.2, -0.15) is 26.3 Å². The predicted molar refractivity (Wildman–Crippen MR) is 403 cm³/mol. The molecule has 6 aromatic heterocycles. The Morgan fingerprint density at radius 1 is 0.522 bits per heavy atom. The van der Waals surface area contributed by atoms with Crippen LogP contribution in [0.5, 0.6) is 51.7 Å². The van der Waals surface area contributed by atoms with Gasteiger partial charge in [0.05, 0.1) is 73.5 Å². The van der Waals surface area contributed by atoms with Crippen LogP contribution in [0.3, 0.4) is 0 Å². The van der Waals surface area contributed by atoms with Gasteiger partial charge in [-0.3, -0.25) is 37.6 Å². The molecule has 3 aliphatic rings. The Labute approximate surface area is 643 Å². The van der Waals surface area contributed by atoms with Gasteiger partial charge in [-0.15, -0.1) is 0 Å². The van der Waals surface area contributed by atoms with Gasteiger partial charge in [-0.1, -0.05) is 36.6 Å². The minimum absolute atomic E-state index is 0.0106. The fraction of sp³-hybridized carbons (Fsp3) is 0.250. The third kappa shape index (κ3) is 16.3. The maximum absolute atomic E-state index is 14.5. The first-order valence-corrected chi connectivity index (χ1v) is 35.8. The molecule has 1 N–H and O–H groups in total. The second-order valence-electron chi connectivity index (χ2n) is 26.1. The summed E-state index contributed by atoms with van der Waals surface area (Å²) in [5, 5.41) is 9.99. The summed E-state index contributed by atoms with van der Waals surface area (Å²) in [5.41, 5.74) is 3.91. The number of rotatable bonds is 18. The Hall–Kier alpha value is -13.3. The predicted octanol–water partition coefficient (Wildman–Crippen LogP) is 15.9. The van der Waals surface area contributed by atoms with E-state index < -0.39 is 42.0 Å². The maximum Gasteiger partial charge on any atom is 0.435 e. The molecule has 9 heterocycles. The monoisotopic (exact) mass is 1540 g/mol. The van der Waals surface area contributed by atoms with E-state index in [2.05, 4.69) is 50.2 Å². The molecule has 0 spiro atoms. The first-order chi connectivity index (χ1) is 54.8. The van der Waals surface area contributed by atoms with Gasteiger partial charge in [0.2, 0.25) is 23.4 Å². The molecule has 0 saturated carbocycles. The number of carbonyl (C=O) groups excluding carboxylic acids is 3. The SMILES string of the molecule is C=CC(=O)N1CCCC[C@H]1c1nc(-c2ccc(Oc3cccc(OC)c3F)cc2)c2c(C(F)(F)F)nccn12.CC#CC(=O)N1CC[C@@H](c2nc(-c3ccc(Oc4cccc(OC)c4F)cc3)c3c(CF)nccn23)C1.CC#CC(=O)N1CC[C@@H](c2nc(-c3ccc(Oc4cccc(OC)c4F)cc3)c3c(CO)nccn23)C1.